The lowest BCUT2D eigenvalue weighted by atomic mass is 9.44. The van der Waals surface area contributed by atoms with E-state index < -0.39 is 12.0 Å². The van der Waals surface area contributed by atoms with Crippen LogP contribution in [0.2, 0.25) is 0 Å². The van der Waals surface area contributed by atoms with Gasteiger partial charge in [0.05, 0.1) is 6.10 Å². The van der Waals surface area contributed by atoms with E-state index in [1.54, 1.807) is 0 Å². The molecule has 0 heterocycles. The van der Waals surface area contributed by atoms with Crippen molar-refractivity contribution in [3.05, 3.63) is 0 Å². The van der Waals surface area contributed by atoms with E-state index in [2.05, 4.69) is 26.1 Å². The molecule has 35 heavy (non-hydrogen) atoms. The van der Waals surface area contributed by atoms with Gasteiger partial charge in [-0.1, -0.05) is 34.6 Å². The summed E-state index contributed by atoms with van der Waals surface area (Å²) in [4.78, 5) is 37.5. The monoisotopic (exact) mass is 489 g/mol. The number of aliphatic hydroxyl groups is 1. The molecule has 6 heteroatoms. The minimum atomic E-state index is -0.982. The van der Waals surface area contributed by atoms with E-state index in [9.17, 15) is 24.6 Å². The van der Waals surface area contributed by atoms with Crippen molar-refractivity contribution in [3.63, 3.8) is 0 Å². The van der Waals surface area contributed by atoms with Crippen LogP contribution in [0.25, 0.3) is 0 Å². The van der Waals surface area contributed by atoms with Crippen LogP contribution in [0.3, 0.4) is 0 Å². The van der Waals surface area contributed by atoms with Crippen LogP contribution in [0.15, 0.2) is 0 Å². The first-order valence-corrected chi connectivity index (χ1v) is 14.1. The normalized spacial score (nSPS) is 42.5. The number of aliphatic carboxylic acids is 1. The smallest absolute Gasteiger partial charge is 0.326 e. The first kappa shape index (κ1) is 26.6. The summed E-state index contributed by atoms with van der Waals surface area (Å²) >= 11 is 0. The lowest BCUT2D eigenvalue weighted by molar-refractivity contribution is -0.160. The second-order valence-corrected chi connectivity index (χ2v) is 13.4. The number of ketones is 1. The third-order valence-electron chi connectivity index (χ3n) is 11.3. The maximum atomic E-state index is 13.5. The van der Waals surface area contributed by atoms with Crippen molar-refractivity contribution in [2.24, 2.45) is 52.3 Å². The maximum absolute atomic E-state index is 13.5. The van der Waals surface area contributed by atoms with Gasteiger partial charge in [-0.15, -0.1) is 0 Å². The van der Waals surface area contributed by atoms with Crippen LogP contribution in [0.1, 0.15) is 98.8 Å². The molecule has 0 aliphatic heterocycles. The Balaban J connectivity index is 1.42. The highest BCUT2D eigenvalue weighted by atomic mass is 16.4. The first-order valence-electron chi connectivity index (χ1n) is 14.1. The molecule has 4 fully saturated rings. The number of aliphatic hydroxyl groups excluding tert-OH is 1. The van der Waals surface area contributed by atoms with Crippen LogP contribution >= 0.6 is 0 Å². The molecule has 198 valence electrons. The third-order valence-corrected chi connectivity index (χ3v) is 11.3. The molecule has 0 aromatic rings. The SMILES string of the molecule is CC(C)[C@H](NC(=O)CC[C@@H](C)[C@H]1CC[C@H]2[C@@H]3C(=O)C[C@@H]4C[C@H](O)CC[C@]4(C)[C@H]3CC[C@]12C)C(=O)O. The molecule has 4 aliphatic carbocycles. The Labute approximate surface area is 211 Å². The molecule has 0 aromatic carbocycles. The summed E-state index contributed by atoms with van der Waals surface area (Å²) in [6.45, 7) is 10.7. The minimum absolute atomic E-state index is 0.131. The summed E-state index contributed by atoms with van der Waals surface area (Å²) in [5.41, 5.74) is 0.309. The summed E-state index contributed by atoms with van der Waals surface area (Å²) < 4.78 is 0. The lowest BCUT2D eigenvalue weighted by Gasteiger charge is -2.60. The van der Waals surface area contributed by atoms with E-state index in [1.165, 1.54) is 0 Å². The fourth-order valence-electron chi connectivity index (χ4n) is 9.20. The van der Waals surface area contributed by atoms with Crippen LogP contribution in [0.5, 0.6) is 0 Å². The zero-order valence-corrected chi connectivity index (χ0v) is 22.4. The Morgan fingerprint density at radius 1 is 1.03 bits per heavy atom. The Morgan fingerprint density at radius 2 is 1.69 bits per heavy atom. The second-order valence-electron chi connectivity index (χ2n) is 13.4. The highest BCUT2D eigenvalue weighted by molar-refractivity contribution is 5.84. The van der Waals surface area contributed by atoms with Crippen LogP contribution < -0.4 is 5.32 Å². The van der Waals surface area contributed by atoms with Gasteiger partial charge in [-0.2, -0.15) is 0 Å². The van der Waals surface area contributed by atoms with Gasteiger partial charge in [0.2, 0.25) is 5.91 Å². The molecular formula is C29H47NO5. The molecule has 4 aliphatic rings. The second kappa shape index (κ2) is 9.79. The standard InChI is InChI=1S/C29H47NO5/c1-16(2)26(27(34)35)30-24(33)9-6-17(3)20-7-8-21-25-22(11-13-29(20,21)5)28(4)12-10-19(31)14-18(28)15-23(25)32/h16-22,25-26,31H,6-15H2,1-5H3,(H,30,33)(H,34,35)/t17-,18+,19-,20-,21+,22+,25+,26+,28+,29-/m1/s1. The summed E-state index contributed by atoms with van der Waals surface area (Å²) in [5, 5.41) is 22.3. The van der Waals surface area contributed by atoms with E-state index in [4.69, 9.17) is 0 Å². The minimum Gasteiger partial charge on any atom is -0.480 e. The van der Waals surface area contributed by atoms with Gasteiger partial charge in [-0.3, -0.25) is 9.59 Å². The lowest BCUT2D eigenvalue weighted by Crippen LogP contribution is -2.57. The Morgan fingerprint density at radius 3 is 2.34 bits per heavy atom. The van der Waals surface area contributed by atoms with E-state index in [0.29, 0.717) is 48.2 Å². The Hall–Kier alpha value is -1.43. The number of carbonyl (C=O) groups excluding carboxylic acids is 2. The van der Waals surface area contributed by atoms with E-state index >= 15 is 0 Å². The van der Waals surface area contributed by atoms with Gasteiger partial charge in [0.1, 0.15) is 11.8 Å². The Kier molecular flexibility index (Phi) is 7.45. The van der Waals surface area contributed by atoms with Crippen LogP contribution in [-0.2, 0) is 14.4 Å². The molecule has 10 atom stereocenters. The molecule has 1 amide bonds. The number of amides is 1. The van der Waals surface area contributed by atoms with Gasteiger partial charge < -0.3 is 15.5 Å². The van der Waals surface area contributed by atoms with Crippen molar-refractivity contribution in [2.45, 2.75) is 111 Å². The van der Waals surface area contributed by atoms with Crippen molar-refractivity contribution >= 4 is 17.7 Å². The average molecular weight is 490 g/mol. The molecule has 4 rings (SSSR count). The molecule has 0 saturated heterocycles. The number of carboxylic acid groups (broad SMARTS) is 1. The van der Waals surface area contributed by atoms with Crippen molar-refractivity contribution in [2.75, 3.05) is 0 Å². The number of rotatable bonds is 7. The van der Waals surface area contributed by atoms with E-state index in [-0.39, 0.29) is 34.7 Å². The summed E-state index contributed by atoms with van der Waals surface area (Å²) in [7, 11) is 0. The zero-order chi connectivity index (χ0) is 25.7. The number of carbonyl (C=O) groups is 3. The maximum Gasteiger partial charge on any atom is 0.326 e. The summed E-state index contributed by atoms with van der Waals surface area (Å²) in [6.07, 6.45) is 8.66. The highest BCUT2D eigenvalue weighted by Crippen LogP contribution is 2.67. The zero-order valence-electron chi connectivity index (χ0n) is 22.4. The van der Waals surface area contributed by atoms with Gasteiger partial charge >= 0.3 is 5.97 Å². The van der Waals surface area contributed by atoms with Crippen molar-refractivity contribution < 1.29 is 24.6 Å². The van der Waals surface area contributed by atoms with Crippen molar-refractivity contribution in [1.82, 2.24) is 5.32 Å². The number of nitrogens with one attached hydrogen (secondary N) is 1. The predicted molar refractivity (Wildman–Crippen MR) is 134 cm³/mol. The van der Waals surface area contributed by atoms with Gasteiger partial charge in [0.15, 0.2) is 0 Å². The molecule has 0 bridgehead atoms. The number of hydrogen-bond acceptors (Lipinski definition) is 4. The quantitative estimate of drug-likeness (QED) is 0.475. The average Bonchev–Trinajstić information content (AvgIpc) is 3.13. The highest BCUT2D eigenvalue weighted by Gasteiger charge is 2.63. The predicted octanol–water partition coefficient (Wildman–Crippen LogP) is 4.83. The van der Waals surface area contributed by atoms with Crippen molar-refractivity contribution in [3.8, 4) is 0 Å². The topological polar surface area (TPSA) is 104 Å². The van der Waals surface area contributed by atoms with Gasteiger partial charge in [-0.25, -0.2) is 4.79 Å². The third kappa shape index (κ3) is 4.69. The molecule has 0 aromatic heterocycles. The number of carboxylic acids is 1. The van der Waals surface area contributed by atoms with Gasteiger partial charge in [0, 0.05) is 18.8 Å². The molecule has 6 nitrogen and oxygen atoms in total. The number of Topliss-reactive ketones (excluding diaryl/α,β-unsaturated/α-hetero) is 1. The van der Waals surface area contributed by atoms with Gasteiger partial charge in [0.25, 0.3) is 0 Å². The summed E-state index contributed by atoms with van der Waals surface area (Å²) in [5.74, 6) is 1.36. The van der Waals surface area contributed by atoms with Crippen molar-refractivity contribution in [1.29, 1.82) is 0 Å². The van der Waals surface area contributed by atoms with Gasteiger partial charge in [-0.05, 0) is 97.7 Å². The Bertz CT molecular complexity index is 841. The molecule has 3 N–H and O–H groups in total. The molecular weight excluding hydrogens is 442 g/mol. The van der Waals surface area contributed by atoms with E-state index in [1.807, 2.05) is 13.8 Å². The van der Waals surface area contributed by atoms with Crippen LogP contribution in [0.4, 0.5) is 0 Å². The number of fused-ring (bicyclic) bond motifs is 5. The molecule has 0 spiro atoms. The fraction of sp³-hybridized carbons (Fsp3) is 0.897. The molecule has 0 radical (unpaired) electrons. The fourth-order valence-corrected chi connectivity index (χ4v) is 9.20. The van der Waals surface area contributed by atoms with Crippen LogP contribution in [0, 0.1) is 52.3 Å². The molecule has 0 unspecified atom stereocenters. The van der Waals surface area contributed by atoms with E-state index in [0.717, 1.165) is 51.4 Å². The largest absolute Gasteiger partial charge is 0.480 e. The first-order chi connectivity index (χ1) is 16.4. The molecule has 4 saturated carbocycles. The summed E-state index contributed by atoms with van der Waals surface area (Å²) in [6, 6.07) is -0.843. The number of hydrogen-bond donors (Lipinski definition) is 3. The van der Waals surface area contributed by atoms with Crippen LogP contribution in [-0.4, -0.2) is 40.0 Å².